The van der Waals surface area contributed by atoms with Crippen LogP contribution < -0.4 is 5.32 Å². The second-order valence-corrected chi connectivity index (χ2v) is 2.37. The summed E-state index contributed by atoms with van der Waals surface area (Å²) in [6.07, 6.45) is 0. The normalized spacial score (nSPS) is 9.82. The van der Waals surface area contributed by atoms with Crippen molar-refractivity contribution in [2.45, 2.75) is 12.8 Å². The van der Waals surface area contributed by atoms with Gasteiger partial charge in [-0.15, -0.1) is 0 Å². The van der Waals surface area contributed by atoms with E-state index in [2.05, 4.69) is 20.8 Å². The molecule has 0 unspecified atom stereocenters. The van der Waals surface area contributed by atoms with Gasteiger partial charge in [0, 0.05) is 28.8 Å². The van der Waals surface area contributed by atoms with E-state index in [0.717, 1.165) is 6.92 Å². The van der Waals surface area contributed by atoms with Crippen molar-refractivity contribution >= 4 is 21.8 Å². The first kappa shape index (κ1) is 10.4. The molecule has 0 heterocycles. The molecule has 1 amide bonds. The standard InChI is InChI=1S/C6H6BrF2NO/c1-6(8,9)4-10-5(11)2-3-7/h4H2,1H3,(H,10,11). The highest BCUT2D eigenvalue weighted by Gasteiger charge is 2.20. The molecule has 0 saturated heterocycles. The Bertz CT molecular complexity index is 201. The Kier molecular flexibility index (Phi) is 4.04. The molecule has 62 valence electrons. The van der Waals surface area contributed by atoms with E-state index in [1.165, 1.54) is 0 Å². The van der Waals surface area contributed by atoms with E-state index in [4.69, 9.17) is 0 Å². The van der Waals surface area contributed by atoms with Crippen LogP contribution in [0.5, 0.6) is 0 Å². The van der Waals surface area contributed by atoms with Gasteiger partial charge in [-0.2, -0.15) is 0 Å². The monoisotopic (exact) mass is 225 g/mol. The Labute approximate surface area is 71.5 Å². The highest BCUT2D eigenvalue weighted by molar-refractivity contribution is 9.12. The van der Waals surface area contributed by atoms with Crippen LogP contribution >= 0.6 is 15.9 Å². The largest absolute Gasteiger partial charge is 0.339 e. The Balaban J connectivity index is 3.69. The van der Waals surface area contributed by atoms with Gasteiger partial charge in [0.25, 0.3) is 11.8 Å². The zero-order valence-corrected chi connectivity index (χ0v) is 7.34. The van der Waals surface area contributed by atoms with Gasteiger partial charge in [0.2, 0.25) is 0 Å². The summed E-state index contributed by atoms with van der Waals surface area (Å²) in [5.74, 6) is -1.60. The first-order valence-corrected chi connectivity index (χ1v) is 3.52. The van der Waals surface area contributed by atoms with Crippen molar-refractivity contribution in [2.75, 3.05) is 6.54 Å². The molecular weight excluding hydrogens is 220 g/mol. The molecule has 11 heavy (non-hydrogen) atoms. The molecule has 2 nitrogen and oxygen atoms in total. The number of carbonyl (C=O) groups is 1. The molecule has 0 fully saturated rings. The topological polar surface area (TPSA) is 29.1 Å². The van der Waals surface area contributed by atoms with Gasteiger partial charge in [0.1, 0.15) is 0 Å². The lowest BCUT2D eigenvalue weighted by molar-refractivity contribution is -0.117. The highest BCUT2D eigenvalue weighted by atomic mass is 79.9. The van der Waals surface area contributed by atoms with Crippen LogP contribution in [0.25, 0.3) is 0 Å². The number of alkyl halides is 2. The number of amides is 1. The van der Waals surface area contributed by atoms with Crippen LogP contribution in [0, 0.1) is 10.8 Å². The highest BCUT2D eigenvalue weighted by Crippen LogP contribution is 2.08. The van der Waals surface area contributed by atoms with Gasteiger partial charge in [-0.05, 0) is 4.83 Å². The summed E-state index contributed by atoms with van der Waals surface area (Å²) in [5.41, 5.74) is 0. The minimum absolute atomic E-state index is 0.687. The summed E-state index contributed by atoms with van der Waals surface area (Å²) >= 11 is 2.66. The third kappa shape index (κ3) is 7.26. The van der Waals surface area contributed by atoms with E-state index >= 15 is 0 Å². The molecule has 0 radical (unpaired) electrons. The zero-order valence-electron chi connectivity index (χ0n) is 5.75. The molecule has 0 rings (SSSR count). The number of hydrogen-bond acceptors (Lipinski definition) is 1. The van der Waals surface area contributed by atoms with Crippen LogP contribution in [0.1, 0.15) is 6.92 Å². The lowest BCUT2D eigenvalue weighted by atomic mass is 10.4. The fourth-order valence-electron chi connectivity index (χ4n) is 0.323. The van der Waals surface area contributed by atoms with Crippen molar-refractivity contribution in [3.05, 3.63) is 0 Å². The average Bonchev–Trinajstić information content (AvgIpc) is 1.83. The Morgan fingerprint density at radius 3 is 2.64 bits per heavy atom. The van der Waals surface area contributed by atoms with Crippen molar-refractivity contribution < 1.29 is 13.6 Å². The van der Waals surface area contributed by atoms with Crippen molar-refractivity contribution in [1.82, 2.24) is 5.32 Å². The summed E-state index contributed by atoms with van der Waals surface area (Å²) in [7, 11) is 0. The molecule has 0 spiro atoms. The summed E-state index contributed by atoms with van der Waals surface area (Å²) in [6.45, 7) is 0.0301. The fraction of sp³-hybridized carbons (Fsp3) is 0.500. The molecule has 1 N–H and O–H groups in total. The molecule has 0 atom stereocenters. The van der Waals surface area contributed by atoms with Gasteiger partial charge in [0.15, 0.2) is 0 Å². The zero-order chi connectivity index (χ0) is 8.91. The summed E-state index contributed by atoms with van der Waals surface area (Å²) in [5, 5.41) is 1.93. The lowest BCUT2D eigenvalue weighted by Crippen LogP contribution is -2.33. The Morgan fingerprint density at radius 2 is 2.27 bits per heavy atom. The molecule has 5 heteroatoms. The SMILES string of the molecule is CC(F)(F)CNC(=O)C#CBr. The fourth-order valence-corrected chi connectivity index (χ4v) is 0.503. The maximum Gasteiger partial charge on any atom is 0.296 e. The van der Waals surface area contributed by atoms with Gasteiger partial charge in [-0.25, -0.2) is 8.78 Å². The van der Waals surface area contributed by atoms with E-state index < -0.39 is 18.4 Å². The van der Waals surface area contributed by atoms with E-state index in [-0.39, 0.29) is 0 Å². The van der Waals surface area contributed by atoms with Gasteiger partial charge in [-0.3, -0.25) is 4.79 Å². The molecule has 0 bridgehead atoms. The Hall–Kier alpha value is -0.630. The lowest BCUT2D eigenvalue weighted by Gasteiger charge is -2.08. The van der Waals surface area contributed by atoms with Gasteiger partial charge < -0.3 is 5.32 Å². The van der Waals surface area contributed by atoms with E-state index in [1.54, 1.807) is 0 Å². The summed E-state index contributed by atoms with van der Waals surface area (Å²) in [6, 6.07) is 0. The number of nitrogens with one attached hydrogen (secondary N) is 1. The van der Waals surface area contributed by atoms with Gasteiger partial charge in [-0.1, -0.05) is 0 Å². The number of rotatable bonds is 2. The molecule has 0 aliphatic heterocycles. The quantitative estimate of drug-likeness (QED) is 0.702. The van der Waals surface area contributed by atoms with E-state index in [1.807, 2.05) is 11.2 Å². The summed E-state index contributed by atoms with van der Waals surface area (Å²) in [4.78, 5) is 12.6. The van der Waals surface area contributed by atoms with Crippen molar-refractivity contribution in [3.63, 3.8) is 0 Å². The van der Waals surface area contributed by atoms with Crippen LogP contribution in [0.15, 0.2) is 0 Å². The second-order valence-electron chi connectivity index (χ2n) is 1.97. The minimum atomic E-state index is -2.89. The maximum atomic E-state index is 12.0. The first-order chi connectivity index (χ1) is 4.95. The third-order valence-corrected chi connectivity index (χ3v) is 0.918. The first-order valence-electron chi connectivity index (χ1n) is 2.73. The molecule has 0 saturated carbocycles. The molecular formula is C6H6BrF2NO. The average molecular weight is 226 g/mol. The molecule has 0 aromatic heterocycles. The van der Waals surface area contributed by atoms with Crippen molar-refractivity contribution in [3.8, 4) is 10.8 Å². The maximum absolute atomic E-state index is 12.0. The second kappa shape index (κ2) is 4.29. The van der Waals surface area contributed by atoms with Crippen LogP contribution in [-0.2, 0) is 4.79 Å². The number of hydrogen-bond donors (Lipinski definition) is 1. The van der Waals surface area contributed by atoms with Crippen LogP contribution in [0.3, 0.4) is 0 Å². The smallest absolute Gasteiger partial charge is 0.296 e. The summed E-state index contributed by atoms with van der Waals surface area (Å²) < 4.78 is 24.1. The van der Waals surface area contributed by atoms with Gasteiger partial charge >= 0.3 is 0 Å². The molecule has 0 aliphatic carbocycles. The van der Waals surface area contributed by atoms with E-state index in [0.29, 0.717) is 0 Å². The van der Waals surface area contributed by atoms with Crippen LogP contribution in [-0.4, -0.2) is 18.4 Å². The number of halogens is 3. The van der Waals surface area contributed by atoms with Crippen molar-refractivity contribution in [1.29, 1.82) is 0 Å². The predicted molar refractivity (Wildman–Crippen MR) is 40.3 cm³/mol. The molecule has 0 aliphatic rings. The number of carbonyl (C=O) groups excluding carboxylic acids is 1. The predicted octanol–water partition coefficient (Wildman–Crippen LogP) is 1.11. The van der Waals surface area contributed by atoms with Crippen LogP contribution in [0.2, 0.25) is 0 Å². The molecule has 0 aromatic rings. The minimum Gasteiger partial charge on any atom is -0.339 e. The van der Waals surface area contributed by atoms with Crippen molar-refractivity contribution in [2.24, 2.45) is 0 Å². The van der Waals surface area contributed by atoms with Gasteiger partial charge in [0.05, 0.1) is 6.54 Å². The molecule has 0 aromatic carbocycles. The van der Waals surface area contributed by atoms with Crippen LogP contribution in [0.4, 0.5) is 8.78 Å². The van der Waals surface area contributed by atoms with E-state index in [9.17, 15) is 13.6 Å². The third-order valence-electron chi connectivity index (χ3n) is 0.720. The Morgan fingerprint density at radius 1 is 1.73 bits per heavy atom.